The molecule has 2 aromatic heterocycles. The molecule has 0 spiro atoms. The molecule has 2 heterocycles. The highest BCUT2D eigenvalue weighted by Gasteiger charge is 2.10. The highest BCUT2D eigenvalue weighted by atomic mass is 79.9. The van der Waals surface area contributed by atoms with Crippen molar-refractivity contribution in [3.63, 3.8) is 0 Å². The number of hydrogen-bond donors (Lipinski definition) is 0. The summed E-state index contributed by atoms with van der Waals surface area (Å²) >= 11 is 3.41. The fourth-order valence-corrected chi connectivity index (χ4v) is 1.85. The first kappa shape index (κ1) is 11.3. The van der Waals surface area contributed by atoms with E-state index in [-0.39, 0.29) is 0 Å². The van der Waals surface area contributed by atoms with Gasteiger partial charge in [0.05, 0.1) is 11.4 Å². The Hall–Kier alpha value is -1.23. The van der Waals surface area contributed by atoms with E-state index in [9.17, 15) is 0 Å². The van der Waals surface area contributed by atoms with Crippen molar-refractivity contribution in [2.75, 3.05) is 0 Å². The van der Waals surface area contributed by atoms with Crippen molar-refractivity contribution in [1.29, 1.82) is 0 Å². The first-order chi connectivity index (χ1) is 7.58. The normalized spacial score (nSPS) is 11.1. The fraction of sp³-hybridized carbons (Fsp3) is 0.364. The van der Waals surface area contributed by atoms with Gasteiger partial charge in [-0.15, -0.1) is 0 Å². The van der Waals surface area contributed by atoms with Gasteiger partial charge in [0.15, 0.2) is 0 Å². The lowest BCUT2D eigenvalue weighted by molar-refractivity contribution is 0.753. The SMILES string of the molecule is CC(C)c1nc(Br)cc(-c2ccnn2C)n1. The molecule has 0 aliphatic rings. The van der Waals surface area contributed by atoms with E-state index in [2.05, 4.69) is 44.8 Å². The largest absolute Gasteiger partial charge is 0.266 e. The third-order valence-electron chi connectivity index (χ3n) is 2.31. The van der Waals surface area contributed by atoms with E-state index in [0.717, 1.165) is 21.8 Å². The Morgan fingerprint density at radius 3 is 2.62 bits per heavy atom. The van der Waals surface area contributed by atoms with Gasteiger partial charge in [0.2, 0.25) is 0 Å². The van der Waals surface area contributed by atoms with E-state index < -0.39 is 0 Å². The molecule has 2 rings (SSSR count). The molecule has 0 aliphatic carbocycles. The summed E-state index contributed by atoms with van der Waals surface area (Å²) in [5.41, 5.74) is 1.88. The summed E-state index contributed by atoms with van der Waals surface area (Å²) in [5, 5.41) is 4.14. The second-order valence-corrected chi connectivity index (χ2v) is 4.74. The van der Waals surface area contributed by atoms with Crippen LogP contribution in [0.15, 0.2) is 22.9 Å². The highest BCUT2D eigenvalue weighted by molar-refractivity contribution is 9.10. The van der Waals surface area contributed by atoms with Crippen molar-refractivity contribution >= 4 is 15.9 Å². The quantitative estimate of drug-likeness (QED) is 0.795. The molecule has 0 bridgehead atoms. The smallest absolute Gasteiger partial charge is 0.132 e. The molecule has 2 aromatic rings. The zero-order valence-electron chi connectivity index (χ0n) is 9.48. The minimum absolute atomic E-state index is 0.310. The average molecular weight is 281 g/mol. The van der Waals surface area contributed by atoms with Crippen molar-refractivity contribution in [2.24, 2.45) is 7.05 Å². The molecule has 0 radical (unpaired) electrons. The van der Waals surface area contributed by atoms with Crippen LogP contribution < -0.4 is 0 Å². The molecule has 0 amide bonds. The summed E-state index contributed by atoms with van der Waals surface area (Å²) in [6.45, 7) is 4.16. The number of nitrogens with zero attached hydrogens (tertiary/aromatic N) is 4. The van der Waals surface area contributed by atoms with Crippen LogP contribution in [0, 0.1) is 0 Å². The van der Waals surface area contributed by atoms with Crippen LogP contribution >= 0.6 is 15.9 Å². The summed E-state index contributed by atoms with van der Waals surface area (Å²) in [7, 11) is 1.90. The standard InChI is InChI=1S/C11H13BrN4/c1-7(2)11-14-8(6-10(12)15-11)9-4-5-13-16(9)3/h4-7H,1-3H3. The maximum absolute atomic E-state index is 4.53. The van der Waals surface area contributed by atoms with Crippen LogP contribution in [0.1, 0.15) is 25.6 Å². The Labute approximate surface area is 103 Å². The summed E-state index contributed by atoms with van der Waals surface area (Å²) in [5.74, 6) is 1.15. The molecule has 0 unspecified atom stereocenters. The number of aryl methyl sites for hydroxylation is 1. The Kier molecular flexibility index (Phi) is 3.05. The predicted molar refractivity (Wildman–Crippen MR) is 66.0 cm³/mol. The Morgan fingerprint density at radius 2 is 2.06 bits per heavy atom. The summed E-state index contributed by atoms with van der Waals surface area (Å²) in [6.07, 6.45) is 1.76. The number of rotatable bonds is 2. The van der Waals surface area contributed by atoms with Crippen molar-refractivity contribution in [3.8, 4) is 11.4 Å². The number of aromatic nitrogens is 4. The molecule has 4 nitrogen and oxygen atoms in total. The lowest BCUT2D eigenvalue weighted by atomic mass is 10.2. The van der Waals surface area contributed by atoms with Gasteiger partial charge in [-0.3, -0.25) is 4.68 Å². The first-order valence-electron chi connectivity index (χ1n) is 5.11. The zero-order valence-corrected chi connectivity index (χ0v) is 11.1. The molecule has 0 aliphatic heterocycles. The lowest BCUT2D eigenvalue weighted by Gasteiger charge is -2.07. The van der Waals surface area contributed by atoms with Crippen LogP contribution in [0.25, 0.3) is 11.4 Å². The van der Waals surface area contributed by atoms with E-state index in [1.165, 1.54) is 0 Å². The summed E-state index contributed by atoms with van der Waals surface area (Å²) in [4.78, 5) is 8.88. The fourth-order valence-electron chi connectivity index (χ4n) is 1.45. The van der Waals surface area contributed by atoms with Gasteiger partial charge in [0.25, 0.3) is 0 Å². The Balaban J connectivity index is 2.54. The minimum Gasteiger partial charge on any atom is -0.266 e. The van der Waals surface area contributed by atoms with Crippen LogP contribution in [0.4, 0.5) is 0 Å². The van der Waals surface area contributed by atoms with E-state index in [4.69, 9.17) is 0 Å². The van der Waals surface area contributed by atoms with Gasteiger partial charge in [-0.2, -0.15) is 5.10 Å². The molecule has 16 heavy (non-hydrogen) atoms. The molecule has 84 valence electrons. The van der Waals surface area contributed by atoms with Crippen LogP contribution in [0.2, 0.25) is 0 Å². The second kappa shape index (κ2) is 4.33. The van der Waals surface area contributed by atoms with Gasteiger partial charge < -0.3 is 0 Å². The monoisotopic (exact) mass is 280 g/mol. The summed E-state index contributed by atoms with van der Waals surface area (Å²) in [6, 6.07) is 3.85. The average Bonchev–Trinajstić information content (AvgIpc) is 2.63. The molecule has 0 aromatic carbocycles. The predicted octanol–water partition coefficient (Wildman–Crippen LogP) is 2.76. The van der Waals surface area contributed by atoms with Gasteiger partial charge in [-0.1, -0.05) is 13.8 Å². The maximum atomic E-state index is 4.53. The van der Waals surface area contributed by atoms with Gasteiger partial charge in [0.1, 0.15) is 10.4 Å². The molecule has 0 saturated carbocycles. The third-order valence-corrected chi connectivity index (χ3v) is 2.72. The Morgan fingerprint density at radius 1 is 1.31 bits per heavy atom. The van der Waals surface area contributed by atoms with Gasteiger partial charge in [0, 0.05) is 19.2 Å². The van der Waals surface area contributed by atoms with E-state index in [0.29, 0.717) is 5.92 Å². The number of halogens is 1. The molecule has 0 atom stereocenters. The minimum atomic E-state index is 0.310. The topological polar surface area (TPSA) is 43.6 Å². The van der Waals surface area contributed by atoms with E-state index in [1.54, 1.807) is 10.9 Å². The van der Waals surface area contributed by atoms with Crippen LogP contribution in [0.5, 0.6) is 0 Å². The van der Waals surface area contributed by atoms with Gasteiger partial charge in [-0.25, -0.2) is 9.97 Å². The highest BCUT2D eigenvalue weighted by Crippen LogP contribution is 2.21. The molecular weight excluding hydrogens is 268 g/mol. The van der Waals surface area contributed by atoms with Gasteiger partial charge in [-0.05, 0) is 28.1 Å². The molecule has 0 N–H and O–H groups in total. The molecule has 0 fully saturated rings. The molecular formula is C11H13BrN4. The van der Waals surface area contributed by atoms with E-state index >= 15 is 0 Å². The van der Waals surface area contributed by atoms with Crippen molar-refractivity contribution in [2.45, 2.75) is 19.8 Å². The Bertz CT molecular complexity index is 504. The van der Waals surface area contributed by atoms with Crippen molar-refractivity contribution < 1.29 is 0 Å². The molecule has 0 saturated heterocycles. The van der Waals surface area contributed by atoms with Gasteiger partial charge >= 0.3 is 0 Å². The third kappa shape index (κ3) is 2.14. The summed E-state index contributed by atoms with van der Waals surface area (Å²) < 4.78 is 2.61. The van der Waals surface area contributed by atoms with Crippen LogP contribution in [-0.4, -0.2) is 19.7 Å². The lowest BCUT2D eigenvalue weighted by Crippen LogP contribution is -2.02. The van der Waals surface area contributed by atoms with Crippen LogP contribution in [-0.2, 0) is 7.05 Å². The zero-order chi connectivity index (χ0) is 11.7. The second-order valence-electron chi connectivity index (χ2n) is 3.93. The molecule has 5 heteroatoms. The first-order valence-corrected chi connectivity index (χ1v) is 5.90. The van der Waals surface area contributed by atoms with Crippen LogP contribution in [0.3, 0.4) is 0 Å². The van der Waals surface area contributed by atoms with Crippen molar-refractivity contribution in [3.05, 3.63) is 28.8 Å². The maximum Gasteiger partial charge on any atom is 0.132 e. The van der Waals surface area contributed by atoms with E-state index in [1.807, 2.05) is 19.2 Å². The number of hydrogen-bond acceptors (Lipinski definition) is 3. The van der Waals surface area contributed by atoms with Crippen molar-refractivity contribution in [1.82, 2.24) is 19.7 Å².